The van der Waals surface area contributed by atoms with E-state index in [9.17, 15) is 4.79 Å². The van der Waals surface area contributed by atoms with Crippen molar-refractivity contribution in [2.45, 2.75) is 46.3 Å². The Kier molecular flexibility index (Phi) is 6.15. The molecule has 114 valence electrons. The summed E-state index contributed by atoms with van der Waals surface area (Å²) < 4.78 is 5.47. The fourth-order valence-corrected chi connectivity index (χ4v) is 1.74. The number of allylic oxidation sites excluding steroid dienone is 2. The zero-order valence-electron chi connectivity index (χ0n) is 13.3. The van der Waals surface area contributed by atoms with Crippen molar-refractivity contribution in [2.24, 2.45) is 0 Å². The molecule has 0 saturated carbocycles. The van der Waals surface area contributed by atoms with E-state index in [-0.39, 0.29) is 0 Å². The van der Waals surface area contributed by atoms with Gasteiger partial charge in [-0.25, -0.2) is 4.79 Å². The minimum atomic E-state index is -0.544. The summed E-state index contributed by atoms with van der Waals surface area (Å²) >= 11 is 0. The molecule has 0 atom stereocenters. The van der Waals surface area contributed by atoms with Crippen LogP contribution in [0.4, 0.5) is 4.79 Å². The van der Waals surface area contributed by atoms with Gasteiger partial charge in [-0.2, -0.15) is 0 Å². The van der Waals surface area contributed by atoms with Crippen LogP contribution < -0.4 is 0 Å². The lowest BCUT2D eigenvalue weighted by Crippen LogP contribution is -2.35. The molecule has 0 aliphatic carbocycles. The molecule has 0 aromatic carbocycles. The van der Waals surface area contributed by atoms with E-state index in [2.05, 4.69) is 11.6 Å². The van der Waals surface area contributed by atoms with Crippen LogP contribution in [0.3, 0.4) is 0 Å². The third-order valence-electron chi connectivity index (χ3n) is 2.59. The Morgan fingerprint density at radius 3 is 2.62 bits per heavy atom. The summed E-state index contributed by atoms with van der Waals surface area (Å²) in [6.45, 7) is 11.7. The van der Waals surface area contributed by atoms with E-state index >= 15 is 0 Å². The van der Waals surface area contributed by atoms with Crippen molar-refractivity contribution in [3.63, 3.8) is 0 Å². The molecule has 0 spiro atoms. The second-order valence-electron chi connectivity index (χ2n) is 5.63. The number of hydrogen-bond acceptors (Lipinski definition) is 3. The van der Waals surface area contributed by atoms with Crippen LogP contribution in [0.5, 0.6) is 0 Å². The highest BCUT2D eigenvalue weighted by molar-refractivity contribution is 5.71. The van der Waals surface area contributed by atoms with Crippen molar-refractivity contribution in [2.75, 3.05) is 0 Å². The van der Waals surface area contributed by atoms with Gasteiger partial charge < -0.3 is 4.74 Å². The van der Waals surface area contributed by atoms with Crippen molar-refractivity contribution in [3.05, 3.63) is 54.5 Å². The number of rotatable bonds is 5. The Hall–Kier alpha value is -2.10. The Labute approximate surface area is 127 Å². The van der Waals surface area contributed by atoms with Crippen molar-refractivity contribution in [1.29, 1.82) is 0 Å². The van der Waals surface area contributed by atoms with E-state index in [0.717, 1.165) is 17.8 Å². The maximum Gasteiger partial charge on any atom is 0.415 e. The number of carbonyl (C=O) groups excluding carboxylic acids is 1. The predicted octanol–water partition coefficient (Wildman–Crippen LogP) is 4.30. The van der Waals surface area contributed by atoms with Gasteiger partial charge in [0.05, 0.1) is 12.2 Å². The molecule has 1 amide bonds. The lowest BCUT2D eigenvalue weighted by Gasteiger charge is -2.28. The third-order valence-corrected chi connectivity index (χ3v) is 2.59. The van der Waals surface area contributed by atoms with Gasteiger partial charge in [0, 0.05) is 11.9 Å². The van der Waals surface area contributed by atoms with Crippen molar-refractivity contribution >= 4 is 6.09 Å². The van der Waals surface area contributed by atoms with Crippen molar-refractivity contribution < 1.29 is 9.53 Å². The predicted molar refractivity (Wildman–Crippen MR) is 84.6 cm³/mol. The van der Waals surface area contributed by atoms with Crippen LogP contribution in [-0.2, 0) is 11.3 Å². The maximum atomic E-state index is 12.4. The summed E-state index contributed by atoms with van der Waals surface area (Å²) in [6, 6.07) is 5.62. The van der Waals surface area contributed by atoms with E-state index < -0.39 is 11.7 Å². The highest BCUT2D eigenvalue weighted by atomic mass is 16.6. The van der Waals surface area contributed by atoms with Gasteiger partial charge in [-0.05, 0) is 45.4 Å². The number of pyridine rings is 1. The highest BCUT2D eigenvalue weighted by Gasteiger charge is 2.24. The summed E-state index contributed by atoms with van der Waals surface area (Å²) in [4.78, 5) is 18.2. The third kappa shape index (κ3) is 5.81. The standard InChI is InChI=1S/C17H24N2O2/c1-6-10-15(7-2)19(16(20)21-17(3,4)5)13-14-11-8-9-12-18-14/h7-12H,2,6,13H2,1,3-5H3/b15-10-. The fourth-order valence-electron chi connectivity index (χ4n) is 1.74. The monoisotopic (exact) mass is 288 g/mol. The largest absolute Gasteiger partial charge is 0.443 e. The minimum absolute atomic E-state index is 0.355. The average molecular weight is 288 g/mol. The summed E-state index contributed by atoms with van der Waals surface area (Å²) in [5.41, 5.74) is 0.988. The van der Waals surface area contributed by atoms with Crippen LogP contribution in [0, 0.1) is 0 Å². The normalized spacial score (nSPS) is 11.9. The van der Waals surface area contributed by atoms with Crippen LogP contribution in [0.15, 0.2) is 48.8 Å². The lowest BCUT2D eigenvalue weighted by atomic mass is 10.2. The number of ether oxygens (including phenoxy) is 1. The zero-order valence-corrected chi connectivity index (χ0v) is 13.3. The van der Waals surface area contributed by atoms with Crippen LogP contribution in [-0.4, -0.2) is 21.6 Å². The molecule has 0 saturated heterocycles. The zero-order chi connectivity index (χ0) is 15.9. The average Bonchev–Trinajstić information content (AvgIpc) is 2.42. The molecule has 1 rings (SSSR count). The van der Waals surface area contributed by atoms with Gasteiger partial charge >= 0.3 is 6.09 Å². The molecule has 1 aromatic rings. The molecule has 1 heterocycles. The minimum Gasteiger partial charge on any atom is -0.443 e. The summed E-state index contributed by atoms with van der Waals surface area (Å²) in [5, 5.41) is 0. The first-order chi connectivity index (χ1) is 9.87. The Morgan fingerprint density at radius 2 is 2.14 bits per heavy atom. The van der Waals surface area contributed by atoms with Gasteiger partial charge in [0.2, 0.25) is 0 Å². The number of nitrogens with zero attached hydrogens (tertiary/aromatic N) is 2. The maximum absolute atomic E-state index is 12.4. The van der Waals surface area contributed by atoms with E-state index in [1.807, 2.05) is 52.0 Å². The van der Waals surface area contributed by atoms with Gasteiger partial charge in [0.15, 0.2) is 0 Å². The summed E-state index contributed by atoms with van der Waals surface area (Å²) in [7, 11) is 0. The molecule has 1 aromatic heterocycles. The molecule has 21 heavy (non-hydrogen) atoms. The second kappa shape index (κ2) is 7.62. The van der Waals surface area contributed by atoms with Crippen molar-refractivity contribution in [1.82, 2.24) is 9.88 Å². The Bertz CT molecular complexity index is 501. The van der Waals surface area contributed by atoms with Gasteiger partial charge in [-0.1, -0.05) is 25.6 Å². The summed E-state index contributed by atoms with van der Waals surface area (Å²) in [6.07, 6.45) is 5.73. The van der Waals surface area contributed by atoms with Gasteiger partial charge in [-0.15, -0.1) is 0 Å². The molecule has 0 N–H and O–H groups in total. The molecule has 4 nitrogen and oxygen atoms in total. The number of amides is 1. The van der Waals surface area contributed by atoms with E-state index in [4.69, 9.17) is 4.74 Å². The van der Waals surface area contributed by atoms with E-state index in [1.165, 1.54) is 0 Å². The smallest absolute Gasteiger partial charge is 0.415 e. The molecular weight excluding hydrogens is 264 g/mol. The molecule has 0 aliphatic rings. The SMILES string of the molecule is C=C/C(=C/CC)N(Cc1ccccn1)C(=O)OC(C)(C)C. The van der Waals surface area contributed by atoms with E-state index in [0.29, 0.717) is 6.54 Å². The lowest BCUT2D eigenvalue weighted by molar-refractivity contribution is 0.0305. The summed E-state index contributed by atoms with van der Waals surface area (Å²) in [5.74, 6) is 0. The molecule has 0 fully saturated rings. The van der Waals surface area contributed by atoms with Crippen molar-refractivity contribution in [3.8, 4) is 0 Å². The first-order valence-corrected chi connectivity index (χ1v) is 7.10. The molecular formula is C17H24N2O2. The van der Waals surface area contributed by atoms with Gasteiger partial charge in [0.25, 0.3) is 0 Å². The first-order valence-electron chi connectivity index (χ1n) is 7.10. The topological polar surface area (TPSA) is 42.4 Å². The quantitative estimate of drug-likeness (QED) is 0.759. The van der Waals surface area contributed by atoms with Crippen LogP contribution in [0.2, 0.25) is 0 Å². The Morgan fingerprint density at radius 1 is 1.43 bits per heavy atom. The molecule has 4 heteroatoms. The first kappa shape index (κ1) is 17.0. The molecule has 0 radical (unpaired) electrons. The molecule has 0 aliphatic heterocycles. The van der Waals surface area contributed by atoms with E-state index in [1.54, 1.807) is 17.2 Å². The molecule has 0 bridgehead atoms. The Balaban J connectivity index is 3.02. The second-order valence-corrected chi connectivity index (χ2v) is 5.63. The number of aromatic nitrogens is 1. The van der Waals surface area contributed by atoms with Crippen LogP contribution in [0.25, 0.3) is 0 Å². The van der Waals surface area contributed by atoms with Gasteiger partial charge in [0.1, 0.15) is 5.60 Å². The number of hydrogen-bond donors (Lipinski definition) is 0. The van der Waals surface area contributed by atoms with Crippen LogP contribution in [0.1, 0.15) is 39.8 Å². The van der Waals surface area contributed by atoms with Gasteiger partial charge in [-0.3, -0.25) is 9.88 Å². The fraction of sp³-hybridized carbons (Fsp3) is 0.412. The highest BCUT2D eigenvalue weighted by Crippen LogP contribution is 2.17. The van der Waals surface area contributed by atoms with Crippen LogP contribution >= 0.6 is 0 Å². The molecule has 0 unspecified atom stereocenters. The number of carbonyl (C=O) groups is 1.